The highest BCUT2D eigenvalue weighted by Gasteiger charge is 2.20. The Hall–Kier alpha value is -4.15. The van der Waals surface area contributed by atoms with E-state index < -0.39 is 6.03 Å². The van der Waals surface area contributed by atoms with Gasteiger partial charge in [-0.3, -0.25) is 15.3 Å². The first-order valence-electron chi connectivity index (χ1n) is 13.5. The third-order valence-corrected chi connectivity index (χ3v) is 6.78. The maximum atomic E-state index is 12.4. The number of aromatic nitrogens is 3. The van der Waals surface area contributed by atoms with Gasteiger partial charge >= 0.3 is 6.03 Å². The molecular weight excluding hydrogens is 508 g/mol. The Morgan fingerprint density at radius 1 is 1.05 bits per heavy atom. The van der Waals surface area contributed by atoms with Gasteiger partial charge in [0.25, 0.3) is 0 Å². The van der Waals surface area contributed by atoms with Gasteiger partial charge < -0.3 is 19.3 Å². The summed E-state index contributed by atoms with van der Waals surface area (Å²) in [6.07, 6.45) is 0. The SMILES string of the molecule is Cc1cc(OCCN2CCOCC2)ccc1-c1cc(-c2ccc(NC(=O)Nc3cc(C(C)(C)C)on3)cc2)n[nH]1. The molecule has 0 atom stereocenters. The number of anilines is 2. The van der Waals surface area contributed by atoms with Crippen molar-refractivity contribution < 1.29 is 18.8 Å². The van der Waals surface area contributed by atoms with Crippen molar-refractivity contribution in [1.29, 1.82) is 0 Å². The molecule has 40 heavy (non-hydrogen) atoms. The molecule has 3 heterocycles. The van der Waals surface area contributed by atoms with Crippen LogP contribution in [0.15, 0.2) is 59.1 Å². The fourth-order valence-electron chi connectivity index (χ4n) is 4.44. The fourth-order valence-corrected chi connectivity index (χ4v) is 4.44. The number of nitrogens with zero attached hydrogens (tertiary/aromatic N) is 3. The molecule has 1 aliphatic rings. The number of hydrogen-bond acceptors (Lipinski definition) is 7. The molecule has 2 amide bonds. The van der Waals surface area contributed by atoms with Gasteiger partial charge in [0.05, 0.1) is 24.6 Å². The zero-order chi connectivity index (χ0) is 28.1. The Kier molecular flexibility index (Phi) is 8.18. The number of aromatic amines is 1. The van der Waals surface area contributed by atoms with E-state index >= 15 is 0 Å². The van der Waals surface area contributed by atoms with E-state index in [0.29, 0.717) is 23.9 Å². The van der Waals surface area contributed by atoms with Gasteiger partial charge in [0.1, 0.15) is 18.1 Å². The van der Waals surface area contributed by atoms with E-state index in [1.54, 1.807) is 6.07 Å². The molecule has 10 heteroatoms. The van der Waals surface area contributed by atoms with Crippen molar-refractivity contribution >= 4 is 17.5 Å². The van der Waals surface area contributed by atoms with Crippen molar-refractivity contribution in [3.63, 3.8) is 0 Å². The van der Waals surface area contributed by atoms with Crippen molar-refractivity contribution in [3.05, 3.63) is 65.9 Å². The van der Waals surface area contributed by atoms with Crippen molar-refractivity contribution in [2.24, 2.45) is 0 Å². The maximum Gasteiger partial charge on any atom is 0.324 e. The molecule has 2 aromatic heterocycles. The number of aryl methyl sites for hydroxylation is 1. The lowest BCUT2D eigenvalue weighted by Crippen LogP contribution is -2.38. The van der Waals surface area contributed by atoms with Crippen LogP contribution in [0.5, 0.6) is 5.75 Å². The van der Waals surface area contributed by atoms with Crippen LogP contribution in [0.4, 0.5) is 16.3 Å². The average Bonchev–Trinajstić information content (AvgIpc) is 3.60. The van der Waals surface area contributed by atoms with Crippen molar-refractivity contribution in [2.45, 2.75) is 33.1 Å². The van der Waals surface area contributed by atoms with Crippen LogP contribution in [0.1, 0.15) is 32.1 Å². The highest BCUT2D eigenvalue weighted by atomic mass is 16.5. The molecule has 3 N–H and O–H groups in total. The predicted molar refractivity (Wildman–Crippen MR) is 155 cm³/mol. The van der Waals surface area contributed by atoms with Gasteiger partial charge in [-0.1, -0.05) is 38.1 Å². The largest absolute Gasteiger partial charge is 0.492 e. The normalized spacial score (nSPS) is 14.2. The Balaban J connectivity index is 1.16. The molecule has 4 aromatic rings. The molecule has 2 aromatic carbocycles. The van der Waals surface area contributed by atoms with Crippen LogP contribution in [-0.2, 0) is 10.2 Å². The van der Waals surface area contributed by atoms with E-state index in [0.717, 1.165) is 66.7 Å². The third-order valence-electron chi connectivity index (χ3n) is 6.78. The Morgan fingerprint density at radius 3 is 2.52 bits per heavy atom. The number of amides is 2. The third kappa shape index (κ3) is 6.88. The van der Waals surface area contributed by atoms with E-state index in [1.165, 1.54) is 0 Å². The summed E-state index contributed by atoms with van der Waals surface area (Å²) in [6.45, 7) is 13.2. The molecule has 1 aliphatic heterocycles. The van der Waals surface area contributed by atoms with Crippen molar-refractivity contribution in [3.8, 4) is 28.3 Å². The van der Waals surface area contributed by atoms with Crippen LogP contribution in [0.3, 0.4) is 0 Å². The summed E-state index contributed by atoms with van der Waals surface area (Å²) in [7, 11) is 0. The number of ether oxygens (including phenoxy) is 2. The zero-order valence-electron chi connectivity index (χ0n) is 23.4. The first-order valence-corrected chi connectivity index (χ1v) is 13.5. The van der Waals surface area contributed by atoms with Crippen LogP contribution in [-0.4, -0.2) is 65.7 Å². The highest BCUT2D eigenvalue weighted by molar-refractivity contribution is 5.99. The summed E-state index contributed by atoms with van der Waals surface area (Å²) in [4.78, 5) is 14.8. The second-order valence-electron chi connectivity index (χ2n) is 10.9. The summed E-state index contributed by atoms with van der Waals surface area (Å²) in [5.74, 6) is 1.93. The minimum absolute atomic E-state index is 0.189. The average molecular weight is 545 g/mol. The second-order valence-corrected chi connectivity index (χ2v) is 10.9. The minimum Gasteiger partial charge on any atom is -0.492 e. The first kappa shape index (κ1) is 27.4. The molecular formula is C30H36N6O4. The Bertz CT molecular complexity index is 1430. The molecule has 0 radical (unpaired) electrons. The molecule has 0 bridgehead atoms. The summed E-state index contributed by atoms with van der Waals surface area (Å²) < 4.78 is 16.7. The van der Waals surface area contributed by atoms with Gasteiger partial charge in [-0.05, 0) is 48.9 Å². The highest BCUT2D eigenvalue weighted by Crippen LogP contribution is 2.29. The standard InChI is InChI=1S/C30H36N6O4/c1-20-17-23(39-16-13-36-11-14-38-15-12-36)9-10-24(20)26-18-25(33-34-26)21-5-7-22(8-6-21)31-29(37)32-28-19-27(40-35-28)30(2,3)4/h5-10,17-19H,11-16H2,1-4H3,(H,33,34)(H2,31,32,35,37). The number of rotatable bonds is 8. The molecule has 210 valence electrons. The number of H-pyrrole nitrogens is 1. The van der Waals surface area contributed by atoms with Crippen LogP contribution in [0.25, 0.3) is 22.5 Å². The van der Waals surface area contributed by atoms with E-state index in [2.05, 4.69) is 49.9 Å². The first-order chi connectivity index (χ1) is 19.2. The van der Waals surface area contributed by atoms with E-state index in [-0.39, 0.29) is 5.41 Å². The quantitative estimate of drug-likeness (QED) is 0.261. The summed E-state index contributed by atoms with van der Waals surface area (Å²) in [5.41, 5.74) is 5.30. The van der Waals surface area contributed by atoms with Crippen molar-refractivity contribution in [1.82, 2.24) is 20.3 Å². The molecule has 0 unspecified atom stereocenters. The lowest BCUT2D eigenvalue weighted by Gasteiger charge is -2.26. The number of carbonyl (C=O) groups excluding carboxylic acids is 1. The summed E-state index contributed by atoms with van der Waals surface area (Å²) in [6, 6.07) is 17.0. The number of urea groups is 1. The van der Waals surface area contributed by atoms with Gasteiger partial charge in [0, 0.05) is 47.9 Å². The number of hydrogen-bond donors (Lipinski definition) is 3. The van der Waals surface area contributed by atoms with Gasteiger partial charge in [-0.25, -0.2) is 4.79 Å². The van der Waals surface area contributed by atoms with Crippen molar-refractivity contribution in [2.75, 3.05) is 50.1 Å². The minimum atomic E-state index is -0.396. The molecule has 1 fully saturated rings. The van der Waals surface area contributed by atoms with Crippen LogP contribution in [0, 0.1) is 6.92 Å². The molecule has 10 nitrogen and oxygen atoms in total. The lowest BCUT2D eigenvalue weighted by molar-refractivity contribution is 0.0322. The monoisotopic (exact) mass is 544 g/mol. The smallest absolute Gasteiger partial charge is 0.324 e. The van der Waals surface area contributed by atoms with E-state index in [4.69, 9.17) is 14.0 Å². The Labute approximate surface area is 234 Å². The molecule has 5 rings (SSSR count). The number of carbonyl (C=O) groups is 1. The van der Waals surface area contributed by atoms with Gasteiger partial charge in [0.2, 0.25) is 0 Å². The van der Waals surface area contributed by atoms with Gasteiger partial charge in [-0.15, -0.1) is 0 Å². The summed E-state index contributed by atoms with van der Waals surface area (Å²) in [5, 5.41) is 17.1. The molecule has 0 saturated carbocycles. The van der Waals surface area contributed by atoms with Gasteiger partial charge in [0.15, 0.2) is 5.82 Å². The second kappa shape index (κ2) is 11.9. The summed E-state index contributed by atoms with van der Waals surface area (Å²) >= 11 is 0. The molecule has 1 saturated heterocycles. The van der Waals surface area contributed by atoms with Crippen LogP contribution in [0.2, 0.25) is 0 Å². The fraction of sp³-hybridized carbons (Fsp3) is 0.367. The molecule has 0 spiro atoms. The number of morpholine rings is 1. The lowest BCUT2D eigenvalue weighted by atomic mass is 9.93. The van der Waals surface area contributed by atoms with E-state index in [1.807, 2.05) is 57.2 Å². The van der Waals surface area contributed by atoms with Crippen LogP contribution < -0.4 is 15.4 Å². The zero-order valence-corrected chi connectivity index (χ0v) is 23.4. The predicted octanol–water partition coefficient (Wildman–Crippen LogP) is 5.69. The Morgan fingerprint density at radius 2 is 1.82 bits per heavy atom. The maximum absolute atomic E-state index is 12.4. The van der Waals surface area contributed by atoms with Crippen LogP contribution >= 0.6 is 0 Å². The topological polar surface area (TPSA) is 118 Å². The van der Waals surface area contributed by atoms with E-state index in [9.17, 15) is 4.79 Å². The number of benzene rings is 2. The van der Waals surface area contributed by atoms with Gasteiger partial charge in [-0.2, -0.15) is 5.10 Å². The number of nitrogens with one attached hydrogen (secondary N) is 3. The molecule has 0 aliphatic carbocycles.